The first-order valence-electron chi connectivity index (χ1n) is 8.48. The highest BCUT2D eigenvalue weighted by molar-refractivity contribution is 5.79. The van der Waals surface area contributed by atoms with Crippen LogP contribution in [0.1, 0.15) is 22.5 Å². The number of hydrogen-bond acceptors (Lipinski definition) is 3. The number of hydrogen-bond donors (Lipinski definition) is 2. The lowest BCUT2D eigenvalue weighted by Crippen LogP contribution is -2.38. The average molecular weight is 383 g/mol. The number of aromatic nitrogens is 2. The Morgan fingerprint density at radius 2 is 1.93 bits per heavy atom. The van der Waals surface area contributed by atoms with E-state index in [2.05, 4.69) is 25.5 Å². The van der Waals surface area contributed by atoms with Gasteiger partial charge < -0.3 is 15.4 Å². The Morgan fingerprint density at radius 1 is 1.22 bits per heavy atom. The third-order valence-corrected chi connectivity index (χ3v) is 4.19. The van der Waals surface area contributed by atoms with E-state index >= 15 is 0 Å². The minimum Gasteiger partial charge on any atom is -0.405 e. The van der Waals surface area contributed by atoms with E-state index in [9.17, 15) is 13.2 Å². The summed E-state index contributed by atoms with van der Waals surface area (Å²) < 4.78 is 43.4. The minimum absolute atomic E-state index is 0.150. The van der Waals surface area contributed by atoms with E-state index in [1.165, 1.54) is 17.7 Å². The molecule has 0 radical (unpaired) electrons. The minimum atomic E-state index is -4.73. The highest BCUT2D eigenvalue weighted by Gasteiger charge is 2.31. The first-order chi connectivity index (χ1) is 12.7. The fraction of sp³-hybridized carbons (Fsp3) is 0.444. The highest BCUT2D eigenvalue weighted by atomic mass is 19.4. The van der Waals surface area contributed by atoms with Crippen LogP contribution in [0.25, 0.3) is 0 Å². The van der Waals surface area contributed by atoms with Crippen LogP contribution in [0.15, 0.2) is 29.3 Å². The summed E-state index contributed by atoms with van der Waals surface area (Å²) in [4.78, 5) is 4.10. The first kappa shape index (κ1) is 20.6. The fourth-order valence-electron chi connectivity index (χ4n) is 2.76. The Kier molecular flexibility index (Phi) is 6.70. The molecule has 2 N–H and O–H groups in total. The molecule has 148 valence electrons. The molecule has 6 nitrogen and oxygen atoms in total. The molecule has 1 aromatic carbocycles. The predicted octanol–water partition coefficient (Wildman–Crippen LogP) is 2.84. The van der Waals surface area contributed by atoms with Gasteiger partial charge in [0, 0.05) is 38.4 Å². The van der Waals surface area contributed by atoms with Crippen LogP contribution < -0.4 is 15.4 Å². The number of halogens is 3. The number of aliphatic imine (C=N–C) groups is 1. The van der Waals surface area contributed by atoms with E-state index in [-0.39, 0.29) is 12.3 Å². The normalized spacial score (nSPS) is 12.2. The number of nitrogens with one attached hydrogen (secondary N) is 2. The van der Waals surface area contributed by atoms with Gasteiger partial charge in [0.05, 0.1) is 5.69 Å². The van der Waals surface area contributed by atoms with Crippen LogP contribution in [-0.4, -0.2) is 35.7 Å². The molecule has 9 heteroatoms. The van der Waals surface area contributed by atoms with Gasteiger partial charge in [-0.3, -0.25) is 9.67 Å². The zero-order valence-corrected chi connectivity index (χ0v) is 15.8. The quantitative estimate of drug-likeness (QED) is 0.595. The van der Waals surface area contributed by atoms with E-state index in [4.69, 9.17) is 0 Å². The number of nitrogens with zero attached hydrogens (tertiary/aromatic N) is 3. The number of rotatable bonds is 6. The van der Waals surface area contributed by atoms with Gasteiger partial charge in [-0.2, -0.15) is 5.10 Å². The van der Waals surface area contributed by atoms with Gasteiger partial charge in [-0.25, -0.2) is 0 Å². The van der Waals surface area contributed by atoms with Crippen LogP contribution in [0.5, 0.6) is 5.75 Å². The number of alkyl halides is 3. The van der Waals surface area contributed by atoms with Gasteiger partial charge in [0.1, 0.15) is 5.75 Å². The summed E-state index contributed by atoms with van der Waals surface area (Å²) in [6.45, 7) is 4.75. The van der Waals surface area contributed by atoms with Crippen molar-refractivity contribution in [3.63, 3.8) is 0 Å². The van der Waals surface area contributed by atoms with Crippen molar-refractivity contribution in [3.8, 4) is 5.75 Å². The highest BCUT2D eigenvalue weighted by Crippen LogP contribution is 2.26. The van der Waals surface area contributed by atoms with Gasteiger partial charge >= 0.3 is 6.36 Å². The van der Waals surface area contributed by atoms with Crippen LogP contribution in [0, 0.1) is 13.8 Å². The van der Waals surface area contributed by atoms with E-state index in [1.807, 2.05) is 25.6 Å². The second kappa shape index (κ2) is 8.79. The second-order valence-electron chi connectivity index (χ2n) is 6.03. The van der Waals surface area contributed by atoms with E-state index in [0.29, 0.717) is 18.1 Å². The lowest BCUT2D eigenvalue weighted by molar-refractivity contribution is -0.274. The van der Waals surface area contributed by atoms with Gasteiger partial charge in [0.15, 0.2) is 5.96 Å². The van der Waals surface area contributed by atoms with Crippen LogP contribution in [0.2, 0.25) is 0 Å². The third-order valence-electron chi connectivity index (χ3n) is 4.19. The lowest BCUT2D eigenvalue weighted by Gasteiger charge is -2.15. The van der Waals surface area contributed by atoms with Crippen molar-refractivity contribution >= 4 is 5.96 Å². The number of benzene rings is 1. The van der Waals surface area contributed by atoms with Gasteiger partial charge in [-0.1, -0.05) is 18.2 Å². The molecule has 2 rings (SSSR count). The Labute approximate surface area is 156 Å². The topological polar surface area (TPSA) is 63.5 Å². The first-order valence-corrected chi connectivity index (χ1v) is 8.48. The Morgan fingerprint density at radius 3 is 2.52 bits per heavy atom. The average Bonchev–Trinajstić information content (AvgIpc) is 2.83. The molecule has 0 atom stereocenters. The maximum absolute atomic E-state index is 12.5. The fourth-order valence-corrected chi connectivity index (χ4v) is 2.76. The molecule has 0 saturated carbocycles. The number of ether oxygens (including phenoxy) is 1. The maximum Gasteiger partial charge on any atom is 0.573 e. The number of aryl methyl sites for hydroxylation is 2. The third kappa shape index (κ3) is 5.90. The van der Waals surface area contributed by atoms with Crippen molar-refractivity contribution < 1.29 is 17.9 Å². The molecule has 27 heavy (non-hydrogen) atoms. The van der Waals surface area contributed by atoms with Gasteiger partial charge in [0.25, 0.3) is 0 Å². The van der Waals surface area contributed by atoms with E-state index < -0.39 is 6.36 Å². The molecule has 0 amide bonds. The van der Waals surface area contributed by atoms with E-state index in [0.717, 1.165) is 17.8 Å². The van der Waals surface area contributed by atoms with Crippen LogP contribution in [-0.2, 0) is 20.0 Å². The SMILES string of the molecule is CN=C(NCCc1c(C)nn(C)c1C)NCc1ccccc1OC(F)(F)F. The Bertz CT molecular complexity index is 799. The molecule has 1 aromatic heterocycles. The van der Waals surface area contributed by atoms with Crippen LogP contribution in [0.4, 0.5) is 13.2 Å². The molecule has 0 aliphatic carbocycles. The van der Waals surface area contributed by atoms with Crippen molar-refractivity contribution in [3.05, 3.63) is 46.8 Å². The zero-order chi connectivity index (χ0) is 20.0. The molecule has 0 fully saturated rings. The van der Waals surface area contributed by atoms with Crippen molar-refractivity contribution in [1.29, 1.82) is 0 Å². The van der Waals surface area contributed by atoms with Crippen LogP contribution >= 0.6 is 0 Å². The zero-order valence-electron chi connectivity index (χ0n) is 15.8. The summed E-state index contributed by atoms with van der Waals surface area (Å²) in [6.07, 6.45) is -3.96. The number of para-hydroxylation sites is 1. The molecule has 0 saturated heterocycles. The summed E-state index contributed by atoms with van der Waals surface area (Å²) in [5.41, 5.74) is 3.65. The Balaban J connectivity index is 1.91. The van der Waals surface area contributed by atoms with Crippen molar-refractivity contribution in [1.82, 2.24) is 20.4 Å². The van der Waals surface area contributed by atoms with E-state index in [1.54, 1.807) is 19.2 Å². The Hall–Kier alpha value is -2.71. The molecule has 0 bridgehead atoms. The van der Waals surface area contributed by atoms with Crippen molar-refractivity contribution in [2.45, 2.75) is 33.2 Å². The molecule has 0 aliphatic heterocycles. The molecule has 0 unspecified atom stereocenters. The van der Waals surface area contributed by atoms with Gasteiger partial charge in [0.2, 0.25) is 0 Å². The van der Waals surface area contributed by atoms with Gasteiger partial charge in [-0.15, -0.1) is 13.2 Å². The lowest BCUT2D eigenvalue weighted by atomic mass is 10.1. The summed E-state index contributed by atoms with van der Waals surface area (Å²) in [7, 11) is 3.51. The standard InChI is InChI=1S/C18H24F3N5O/c1-12-15(13(2)26(4)25-12)9-10-23-17(22-3)24-11-14-7-5-6-8-16(14)27-18(19,20)21/h5-8H,9-11H2,1-4H3,(H2,22,23,24). The molecular weight excluding hydrogens is 359 g/mol. The molecule has 0 aliphatic rings. The largest absolute Gasteiger partial charge is 0.573 e. The number of guanidine groups is 1. The summed E-state index contributed by atoms with van der Waals surface area (Å²) in [5.74, 6) is 0.269. The summed E-state index contributed by atoms with van der Waals surface area (Å²) in [6, 6.07) is 6.01. The predicted molar refractivity (Wildman–Crippen MR) is 97.7 cm³/mol. The second-order valence-corrected chi connectivity index (χ2v) is 6.03. The summed E-state index contributed by atoms with van der Waals surface area (Å²) in [5, 5.41) is 10.5. The monoisotopic (exact) mass is 383 g/mol. The van der Waals surface area contributed by atoms with Crippen molar-refractivity contribution in [2.75, 3.05) is 13.6 Å². The molecule has 2 aromatic rings. The molecular formula is C18H24F3N5O. The molecule has 0 spiro atoms. The van der Waals surface area contributed by atoms with Gasteiger partial charge in [-0.05, 0) is 31.9 Å². The van der Waals surface area contributed by atoms with Crippen molar-refractivity contribution in [2.24, 2.45) is 12.0 Å². The van der Waals surface area contributed by atoms with Crippen LogP contribution in [0.3, 0.4) is 0 Å². The molecule has 1 heterocycles. The maximum atomic E-state index is 12.5. The summed E-state index contributed by atoms with van der Waals surface area (Å²) >= 11 is 0. The smallest absolute Gasteiger partial charge is 0.405 e.